The van der Waals surface area contributed by atoms with Crippen molar-refractivity contribution in [1.82, 2.24) is 34.9 Å². The summed E-state index contributed by atoms with van der Waals surface area (Å²) in [6.45, 7) is 5.29. The number of imidazole rings is 1. The molecule has 1 aromatic rings. The molecule has 9 rings (SSSR count). The van der Waals surface area contributed by atoms with Crippen LogP contribution in [0.2, 0.25) is 0 Å². The molecule has 5 aliphatic heterocycles. The number of aromatic nitrogens is 2. The summed E-state index contributed by atoms with van der Waals surface area (Å²) in [4.78, 5) is 51.3. The molecule has 7 fully saturated rings. The van der Waals surface area contributed by atoms with E-state index in [1.165, 1.54) is 19.3 Å². The number of Topliss-reactive ketones (excluding diaryl/α,β-unsaturated/α-hetero) is 1. The summed E-state index contributed by atoms with van der Waals surface area (Å²) in [7, 11) is 0. The molecule has 14 heteroatoms. The second-order valence-corrected chi connectivity index (χ2v) is 16.8. The second kappa shape index (κ2) is 15.3. The molecule has 8 aliphatic rings. The molecule has 11 unspecified atom stereocenters. The van der Waals surface area contributed by atoms with E-state index in [4.69, 9.17) is 14.2 Å². The number of nitrogens with zero attached hydrogens (tertiary/aromatic N) is 5. The van der Waals surface area contributed by atoms with E-state index in [0.717, 1.165) is 45.2 Å². The summed E-state index contributed by atoms with van der Waals surface area (Å²) >= 11 is 0. The van der Waals surface area contributed by atoms with Crippen LogP contribution in [0.25, 0.3) is 0 Å². The van der Waals surface area contributed by atoms with Gasteiger partial charge in [0, 0.05) is 76.2 Å². The lowest BCUT2D eigenvalue weighted by Crippen LogP contribution is -2.73. The number of hydrogen-bond donors (Lipinski definition) is 2. The normalized spacial score (nSPS) is 39.5. The van der Waals surface area contributed by atoms with Crippen LogP contribution in [0.5, 0.6) is 0 Å². The molecule has 53 heavy (non-hydrogen) atoms. The van der Waals surface area contributed by atoms with Crippen LogP contribution < -0.4 is 10.6 Å². The maximum atomic E-state index is 16.8. The molecule has 2 amide bonds. The van der Waals surface area contributed by atoms with Crippen LogP contribution in [0, 0.1) is 17.8 Å². The number of aryl methyl sites for hydroxylation is 1. The number of alkyl halides is 1. The fourth-order valence-electron chi connectivity index (χ4n) is 11.3. The Bertz CT molecular complexity index is 1520. The van der Waals surface area contributed by atoms with Crippen molar-refractivity contribution in [3.63, 3.8) is 0 Å². The monoisotopic (exact) mass is 737 g/mol. The Labute approximate surface area is 311 Å². The molecule has 12 atom stereocenters. The molecular weight excluding hydrogens is 681 g/mol. The minimum Gasteiger partial charge on any atom is -0.378 e. The lowest BCUT2D eigenvalue weighted by Gasteiger charge is -2.61. The first-order valence-electron chi connectivity index (χ1n) is 20.5. The predicted octanol–water partition coefficient (Wildman–Crippen LogP) is 1.67. The van der Waals surface area contributed by atoms with E-state index in [1.807, 2.05) is 17.0 Å². The van der Waals surface area contributed by atoms with Crippen LogP contribution in [0.4, 0.5) is 4.39 Å². The zero-order valence-corrected chi connectivity index (χ0v) is 30.7. The number of likely N-dealkylation sites (tertiary alicyclic amines) is 1. The van der Waals surface area contributed by atoms with Crippen molar-refractivity contribution in [1.29, 1.82) is 0 Å². The Kier molecular flexibility index (Phi) is 10.3. The number of carbonyl (C=O) groups is 3. The zero-order chi connectivity index (χ0) is 36.1. The summed E-state index contributed by atoms with van der Waals surface area (Å²) in [6.07, 6.45) is 14.4. The first-order valence-corrected chi connectivity index (χ1v) is 20.5. The number of amides is 2. The molecule has 6 heterocycles. The van der Waals surface area contributed by atoms with Gasteiger partial charge in [0.25, 0.3) is 5.91 Å². The molecule has 4 saturated heterocycles. The minimum atomic E-state index is -1.30. The van der Waals surface area contributed by atoms with Crippen LogP contribution in [0.3, 0.4) is 0 Å². The second-order valence-electron chi connectivity index (χ2n) is 16.8. The van der Waals surface area contributed by atoms with Gasteiger partial charge in [0.05, 0.1) is 67.7 Å². The summed E-state index contributed by atoms with van der Waals surface area (Å²) in [5.74, 6) is -0.230. The highest BCUT2D eigenvalue weighted by molar-refractivity contribution is 6.20. The number of ether oxygens (including phenoxy) is 3. The van der Waals surface area contributed by atoms with Crippen LogP contribution in [-0.2, 0) is 35.1 Å². The molecular formula is C39H56FN7O6. The van der Waals surface area contributed by atoms with Gasteiger partial charge in [0.15, 0.2) is 5.78 Å². The fourth-order valence-corrected chi connectivity index (χ4v) is 11.3. The van der Waals surface area contributed by atoms with Gasteiger partial charge >= 0.3 is 0 Å². The minimum absolute atomic E-state index is 0.000521. The molecule has 3 saturated carbocycles. The van der Waals surface area contributed by atoms with Crippen molar-refractivity contribution >= 4 is 17.6 Å². The van der Waals surface area contributed by atoms with Gasteiger partial charge in [-0.05, 0) is 63.3 Å². The number of ketones is 1. The zero-order valence-electron chi connectivity index (χ0n) is 30.7. The maximum absolute atomic E-state index is 16.8. The lowest BCUT2D eigenvalue weighted by molar-refractivity contribution is -0.220. The highest BCUT2D eigenvalue weighted by Gasteiger charge is 2.62. The largest absolute Gasteiger partial charge is 0.378 e. The first-order chi connectivity index (χ1) is 25.9. The Balaban J connectivity index is 0.897. The third-order valence-corrected chi connectivity index (χ3v) is 13.8. The first kappa shape index (κ1) is 35.8. The number of halogens is 1. The molecule has 290 valence electrons. The van der Waals surface area contributed by atoms with Crippen molar-refractivity contribution in [3.05, 3.63) is 30.5 Å². The third kappa shape index (κ3) is 6.96. The van der Waals surface area contributed by atoms with E-state index in [0.29, 0.717) is 70.3 Å². The quantitative estimate of drug-likeness (QED) is 0.270. The van der Waals surface area contributed by atoms with E-state index in [-0.39, 0.29) is 59.9 Å². The summed E-state index contributed by atoms with van der Waals surface area (Å²) in [5.41, 5.74) is 0.179. The Morgan fingerprint density at radius 2 is 1.81 bits per heavy atom. The number of fused-ring (bicyclic) bond motifs is 5. The van der Waals surface area contributed by atoms with Gasteiger partial charge in [-0.25, -0.2) is 9.37 Å². The van der Waals surface area contributed by atoms with Crippen LogP contribution in [-0.4, -0.2) is 149 Å². The Morgan fingerprint density at radius 1 is 0.943 bits per heavy atom. The van der Waals surface area contributed by atoms with Crippen molar-refractivity contribution in [2.24, 2.45) is 17.8 Å². The number of carbonyl (C=O) groups excluding carboxylic acids is 3. The third-order valence-electron chi connectivity index (χ3n) is 13.8. The van der Waals surface area contributed by atoms with E-state index in [9.17, 15) is 14.4 Å². The van der Waals surface area contributed by atoms with Crippen molar-refractivity contribution in [2.45, 2.75) is 126 Å². The molecule has 1 aromatic heterocycles. The van der Waals surface area contributed by atoms with Gasteiger partial charge < -0.3 is 39.2 Å². The molecule has 0 aromatic carbocycles. The van der Waals surface area contributed by atoms with Gasteiger partial charge in [0.1, 0.15) is 6.17 Å². The summed E-state index contributed by atoms with van der Waals surface area (Å²) in [5, 5.41) is 6.57. The lowest BCUT2D eigenvalue weighted by atomic mass is 9.67. The number of hydrogen-bond acceptors (Lipinski definition) is 10. The topological polar surface area (TPSA) is 130 Å². The van der Waals surface area contributed by atoms with Gasteiger partial charge in [-0.15, -0.1) is 0 Å². The van der Waals surface area contributed by atoms with Crippen LogP contribution in [0.1, 0.15) is 64.2 Å². The van der Waals surface area contributed by atoms with Crippen molar-refractivity contribution in [3.8, 4) is 0 Å². The van der Waals surface area contributed by atoms with Gasteiger partial charge in [-0.2, -0.15) is 0 Å². The Hall–Kier alpha value is -2.91. The molecule has 0 bridgehead atoms. The van der Waals surface area contributed by atoms with E-state index in [1.54, 1.807) is 17.4 Å². The standard InChI is InChI=1S/C39H56FN7O6/c40-29-18-27-35-38(36(29)46-12-7-24(21-46)43-34(48)6-9-41-8-3-11-44-13-10-42-23-44)53-33-19-26-25-4-1-2-5-31(25)52-32(26)20-30(33)47(35)22-28(37(27)49)39(50)45-14-16-51-17-15-45/h10,13,22-27,29-33,35-36,38,41H,1-9,11-12,14-21H2,(H,43,48)/t24-,25?,26?,27?,29?,30?,31?,32?,33?,35?,36?,38?/m1/s1. The summed E-state index contributed by atoms with van der Waals surface area (Å²) < 4.78 is 38.2. The highest BCUT2D eigenvalue weighted by atomic mass is 19.1. The average molecular weight is 738 g/mol. The van der Waals surface area contributed by atoms with Gasteiger partial charge in [-0.1, -0.05) is 12.8 Å². The maximum Gasteiger partial charge on any atom is 0.259 e. The number of morpholine rings is 2. The Morgan fingerprint density at radius 3 is 2.66 bits per heavy atom. The molecule has 13 nitrogen and oxygen atoms in total. The molecule has 0 spiro atoms. The fraction of sp³-hybridized carbons (Fsp3) is 0.795. The average Bonchev–Trinajstić information content (AvgIpc) is 3.94. The highest BCUT2D eigenvalue weighted by Crippen LogP contribution is 2.53. The smallest absolute Gasteiger partial charge is 0.259 e. The van der Waals surface area contributed by atoms with Crippen molar-refractivity contribution in [2.75, 3.05) is 52.5 Å². The predicted molar refractivity (Wildman–Crippen MR) is 191 cm³/mol. The van der Waals surface area contributed by atoms with E-state index >= 15 is 4.39 Å². The van der Waals surface area contributed by atoms with Crippen molar-refractivity contribution < 1.29 is 33.0 Å². The number of rotatable bonds is 10. The van der Waals surface area contributed by atoms with Gasteiger partial charge in [-0.3, -0.25) is 19.3 Å². The molecule has 3 aliphatic carbocycles. The van der Waals surface area contributed by atoms with E-state index < -0.39 is 24.2 Å². The van der Waals surface area contributed by atoms with Crippen LogP contribution >= 0.6 is 0 Å². The van der Waals surface area contributed by atoms with Gasteiger partial charge in [0.2, 0.25) is 5.91 Å². The van der Waals surface area contributed by atoms with E-state index in [2.05, 4.69) is 25.4 Å². The summed E-state index contributed by atoms with van der Waals surface area (Å²) in [6, 6.07) is -0.990. The SMILES string of the molecule is O=C(CCNCCCn1ccnc1)N[C@@H]1CCN(C2C(F)CC3C(=O)C(C(=O)N4CCOCC4)=CN4C5CC6OC7CCCCC7C6CC5OC2C34)C1. The number of nitrogens with one attached hydrogen (secondary N) is 2. The van der Waals surface area contributed by atoms with Crippen LogP contribution in [0.15, 0.2) is 30.5 Å². The molecule has 0 radical (unpaired) electrons. The molecule has 2 N–H and O–H groups in total.